The maximum Gasteiger partial charge on any atom is 0.132 e. The minimum absolute atomic E-state index is 0.0471. The highest BCUT2D eigenvalue weighted by atomic mass is 16.5. The van der Waals surface area contributed by atoms with Gasteiger partial charge in [0.25, 0.3) is 0 Å². The van der Waals surface area contributed by atoms with Crippen LogP contribution in [0.1, 0.15) is 93.9 Å². The number of benzene rings is 3. The molecule has 0 spiro atoms. The lowest BCUT2D eigenvalue weighted by Gasteiger charge is -2.40. The Bertz CT molecular complexity index is 1420. The molecule has 0 amide bonds. The lowest BCUT2D eigenvalue weighted by atomic mass is 9.70. The summed E-state index contributed by atoms with van der Waals surface area (Å²) in [5, 5.41) is 6.65. The number of fused-ring (bicyclic) bond motifs is 6. The fourth-order valence-corrected chi connectivity index (χ4v) is 8.12. The molecule has 1 N–H and O–H groups in total. The third kappa shape index (κ3) is 4.42. The predicted molar refractivity (Wildman–Crippen MR) is 165 cm³/mol. The molecule has 3 aromatic rings. The van der Waals surface area contributed by atoms with Gasteiger partial charge >= 0.3 is 0 Å². The Kier molecular flexibility index (Phi) is 6.57. The van der Waals surface area contributed by atoms with Crippen LogP contribution in [0.25, 0.3) is 16.8 Å². The Morgan fingerprint density at radius 3 is 2.79 bits per heavy atom. The molecule has 3 heteroatoms. The van der Waals surface area contributed by atoms with Crippen LogP contribution in [0.2, 0.25) is 0 Å². The second kappa shape index (κ2) is 10.2. The molecule has 0 bridgehead atoms. The van der Waals surface area contributed by atoms with Gasteiger partial charge in [0.1, 0.15) is 11.9 Å². The van der Waals surface area contributed by atoms with Crippen LogP contribution < -0.4 is 15.0 Å². The van der Waals surface area contributed by atoms with Crippen molar-refractivity contribution < 1.29 is 4.74 Å². The van der Waals surface area contributed by atoms with Crippen LogP contribution >= 0.6 is 0 Å². The number of unbranched alkanes of at least 4 members (excludes halogenated alkanes) is 3. The van der Waals surface area contributed by atoms with E-state index in [0.717, 1.165) is 25.8 Å². The average Bonchev–Trinajstić information content (AvgIpc) is 3.01. The molecule has 2 atom stereocenters. The molecule has 0 fully saturated rings. The van der Waals surface area contributed by atoms with Crippen LogP contribution in [0.4, 0.5) is 11.4 Å². The Labute approximate surface area is 234 Å². The first-order valence-electron chi connectivity index (χ1n) is 15.7. The van der Waals surface area contributed by atoms with Gasteiger partial charge in [0.05, 0.1) is 0 Å². The molecule has 3 nitrogen and oxygen atoms in total. The molecule has 2 unspecified atom stereocenters. The van der Waals surface area contributed by atoms with Gasteiger partial charge in [0.15, 0.2) is 0 Å². The number of rotatable bonds is 5. The summed E-state index contributed by atoms with van der Waals surface area (Å²) in [6.07, 6.45) is 16.0. The van der Waals surface area contributed by atoms with Crippen molar-refractivity contribution in [2.45, 2.75) is 96.0 Å². The van der Waals surface area contributed by atoms with Crippen molar-refractivity contribution in [3.63, 3.8) is 0 Å². The fourth-order valence-electron chi connectivity index (χ4n) is 8.12. The van der Waals surface area contributed by atoms with Gasteiger partial charge in [0.2, 0.25) is 0 Å². The van der Waals surface area contributed by atoms with Gasteiger partial charge in [-0.3, -0.25) is 0 Å². The summed E-state index contributed by atoms with van der Waals surface area (Å²) in [6.45, 7) is 8.19. The minimum Gasteiger partial charge on any atom is -0.485 e. The molecule has 0 saturated carbocycles. The molecule has 3 aromatic carbocycles. The van der Waals surface area contributed by atoms with Crippen molar-refractivity contribution in [2.24, 2.45) is 0 Å². The van der Waals surface area contributed by atoms with Crippen molar-refractivity contribution in [2.75, 3.05) is 29.9 Å². The molecular weight excluding hydrogens is 476 g/mol. The molecular formula is C36H44N2O. The Morgan fingerprint density at radius 2 is 1.90 bits per heavy atom. The van der Waals surface area contributed by atoms with Crippen molar-refractivity contribution in [1.82, 2.24) is 0 Å². The predicted octanol–water partition coefficient (Wildman–Crippen LogP) is 8.82. The van der Waals surface area contributed by atoms with Gasteiger partial charge in [-0.15, -0.1) is 0 Å². The topological polar surface area (TPSA) is 24.5 Å². The van der Waals surface area contributed by atoms with E-state index in [1.54, 1.807) is 5.56 Å². The summed E-state index contributed by atoms with van der Waals surface area (Å²) in [4.78, 5) is 2.64. The number of ether oxygens (including phenoxy) is 1. The third-order valence-electron chi connectivity index (χ3n) is 9.95. The molecule has 4 aliphatic rings. The van der Waals surface area contributed by atoms with Crippen molar-refractivity contribution in [3.8, 4) is 5.75 Å². The maximum absolute atomic E-state index is 7.09. The number of hydrogen-bond donors (Lipinski definition) is 1. The SMILES string of the molecule is CCCCCCC1(C)CC2=Cc3cc4c5c(c3OC2CCNc2ccc3ccccc3c21)CCCN5CCC4. The second-order valence-corrected chi connectivity index (χ2v) is 12.8. The first kappa shape index (κ1) is 25.1. The van der Waals surface area contributed by atoms with Crippen LogP contribution in [0, 0.1) is 0 Å². The first-order chi connectivity index (χ1) is 19.1. The number of nitrogens with zero attached hydrogens (tertiary/aromatic N) is 1. The van der Waals surface area contributed by atoms with E-state index in [0.29, 0.717) is 0 Å². The lowest BCUT2D eigenvalue weighted by molar-refractivity contribution is 0.213. The molecule has 39 heavy (non-hydrogen) atoms. The third-order valence-corrected chi connectivity index (χ3v) is 9.95. The second-order valence-electron chi connectivity index (χ2n) is 12.8. The molecule has 0 saturated heterocycles. The number of nitrogens with one attached hydrogen (secondary N) is 1. The summed E-state index contributed by atoms with van der Waals surface area (Å²) in [6, 6.07) is 16.1. The fraction of sp³-hybridized carbons (Fsp3) is 0.500. The number of aryl methyl sites for hydroxylation is 1. The van der Waals surface area contributed by atoms with E-state index in [2.05, 4.69) is 72.6 Å². The Hall–Kier alpha value is -2.94. The highest BCUT2D eigenvalue weighted by molar-refractivity contribution is 5.91. The van der Waals surface area contributed by atoms with Crippen LogP contribution in [-0.4, -0.2) is 25.7 Å². The summed E-state index contributed by atoms with van der Waals surface area (Å²) >= 11 is 0. The molecule has 0 aliphatic carbocycles. The van der Waals surface area contributed by atoms with Crippen molar-refractivity contribution in [3.05, 3.63) is 70.3 Å². The van der Waals surface area contributed by atoms with Gasteiger partial charge < -0.3 is 15.0 Å². The minimum atomic E-state index is 0.0471. The summed E-state index contributed by atoms with van der Waals surface area (Å²) in [7, 11) is 0. The Morgan fingerprint density at radius 1 is 1.03 bits per heavy atom. The van der Waals surface area contributed by atoms with Gasteiger partial charge in [-0.2, -0.15) is 0 Å². The summed E-state index contributed by atoms with van der Waals surface area (Å²) in [5.74, 6) is 1.20. The zero-order chi connectivity index (χ0) is 26.4. The standard InChI is InChI=1S/C36H44N2O/c1-3-4-5-8-18-36(2)24-28-23-27-22-26-12-9-20-38-21-10-14-30(34(26)38)35(27)39-32(28)17-19-37-31-16-15-25-11-6-7-13-29(25)33(31)36/h6-7,11,13,15-16,22-23,32,37H,3-5,8-10,12,14,17-21,24H2,1-2H3. The highest BCUT2D eigenvalue weighted by Gasteiger charge is 2.38. The van der Waals surface area contributed by atoms with E-state index in [1.165, 1.54) is 115 Å². The molecule has 4 heterocycles. The van der Waals surface area contributed by atoms with E-state index >= 15 is 0 Å². The normalized spacial score (nSPS) is 23.6. The Balaban J connectivity index is 1.34. The smallest absolute Gasteiger partial charge is 0.132 e. The molecule has 4 aliphatic heterocycles. The molecule has 0 aromatic heterocycles. The van der Waals surface area contributed by atoms with E-state index in [4.69, 9.17) is 4.74 Å². The lowest BCUT2D eigenvalue weighted by Crippen LogP contribution is -2.36. The van der Waals surface area contributed by atoms with Crippen LogP contribution in [-0.2, 0) is 18.3 Å². The van der Waals surface area contributed by atoms with E-state index in [-0.39, 0.29) is 11.5 Å². The first-order valence-corrected chi connectivity index (χ1v) is 15.7. The quantitative estimate of drug-likeness (QED) is 0.340. The van der Waals surface area contributed by atoms with Gasteiger partial charge in [-0.05, 0) is 89.6 Å². The van der Waals surface area contributed by atoms with E-state index in [9.17, 15) is 0 Å². The molecule has 7 rings (SSSR count). The van der Waals surface area contributed by atoms with Crippen molar-refractivity contribution in [1.29, 1.82) is 0 Å². The van der Waals surface area contributed by atoms with Crippen LogP contribution in [0.3, 0.4) is 0 Å². The summed E-state index contributed by atoms with van der Waals surface area (Å²) in [5.41, 5.74) is 10.3. The summed E-state index contributed by atoms with van der Waals surface area (Å²) < 4.78 is 7.09. The van der Waals surface area contributed by atoms with Crippen LogP contribution in [0.15, 0.2) is 48.0 Å². The zero-order valence-electron chi connectivity index (χ0n) is 24.0. The zero-order valence-corrected chi connectivity index (χ0v) is 24.0. The van der Waals surface area contributed by atoms with Gasteiger partial charge in [0, 0.05) is 48.6 Å². The van der Waals surface area contributed by atoms with E-state index in [1.807, 2.05) is 0 Å². The largest absolute Gasteiger partial charge is 0.485 e. The highest BCUT2D eigenvalue weighted by Crippen LogP contribution is 2.50. The van der Waals surface area contributed by atoms with Gasteiger partial charge in [-0.1, -0.05) is 69.9 Å². The van der Waals surface area contributed by atoms with Crippen LogP contribution in [0.5, 0.6) is 5.75 Å². The van der Waals surface area contributed by atoms with Gasteiger partial charge in [-0.25, -0.2) is 0 Å². The number of anilines is 2. The maximum atomic E-state index is 7.09. The molecule has 0 radical (unpaired) electrons. The monoisotopic (exact) mass is 520 g/mol. The average molecular weight is 521 g/mol. The van der Waals surface area contributed by atoms with Crippen molar-refractivity contribution >= 4 is 28.2 Å². The molecule has 204 valence electrons. The van der Waals surface area contributed by atoms with E-state index < -0.39 is 0 Å². The number of hydrogen-bond acceptors (Lipinski definition) is 3.